The highest BCUT2D eigenvalue weighted by Gasteiger charge is 2.37. The normalized spacial score (nSPS) is 12.6. The zero-order chi connectivity index (χ0) is 97.8. The van der Waals surface area contributed by atoms with Crippen molar-refractivity contribution in [3.05, 3.63) is 501 Å². The molecule has 0 atom stereocenters. The number of para-hydroxylation sites is 3. The number of pyridine rings is 2. The highest BCUT2D eigenvalue weighted by Crippen LogP contribution is 2.52. The molecule has 5 aromatic heterocycles. The summed E-state index contributed by atoms with van der Waals surface area (Å²) in [4.78, 5) is 54.4. The first-order valence-corrected chi connectivity index (χ1v) is 49.5. The fourth-order valence-corrected chi connectivity index (χ4v) is 20.9. The average Bonchev–Trinajstić information content (AvgIpc) is 1.59. The van der Waals surface area contributed by atoms with Crippen LogP contribution in [0.2, 0.25) is 0 Å². The molecule has 0 bridgehead atoms. The minimum Gasteiger partial charge on any atom is -0.381 e. The third-order valence-corrected chi connectivity index (χ3v) is 28.7. The zero-order valence-corrected chi connectivity index (χ0v) is 80.7. The lowest BCUT2D eigenvalue weighted by molar-refractivity contribution is 0.660. The fraction of sp³-hybridized carbons (Fsp3) is 0.0522. The van der Waals surface area contributed by atoms with Crippen LogP contribution in [0.1, 0.15) is 55.5 Å². The van der Waals surface area contributed by atoms with Gasteiger partial charge in [0.05, 0.1) is 11.0 Å². The van der Waals surface area contributed by atoms with Crippen molar-refractivity contribution in [3.8, 4) is 192 Å². The summed E-state index contributed by atoms with van der Waals surface area (Å²) in [6, 6.07) is 159. The number of rotatable bonds is 15. The molecule has 0 saturated carbocycles. The zero-order valence-electron chi connectivity index (χ0n) is 80.7. The molecule has 1 N–H and O–H groups in total. The van der Waals surface area contributed by atoms with Crippen LogP contribution in [0.25, 0.3) is 241 Å². The van der Waals surface area contributed by atoms with Crippen LogP contribution >= 0.6 is 0 Å². The summed E-state index contributed by atoms with van der Waals surface area (Å²) in [6.45, 7) is 10.1. The molecule has 0 spiro atoms. The number of benzene rings is 19. The number of fused-ring (bicyclic) bond motifs is 11. The molecule has 12 nitrogen and oxygen atoms in total. The maximum atomic E-state index is 5.06. The van der Waals surface area contributed by atoms with Crippen LogP contribution in [0.4, 0.5) is 5.69 Å². The Balaban J connectivity index is 0.000000115. The minimum absolute atomic E-state index is 0.0418. The maximum absolute atomic E-state index is 5.06. The summed E-state index contributed by atoms with van der Waals surface area (Å²) in [7, 11) is 0. The molecule has 0 unspecified atom stereocenters. The van der Waals surface area contributed by atoms with Gasteiger partial charge < -0.3 is 5.32 Å². The van der Waals surface area contributed by atoms with E-state index in [4.69, 9.17) is 44.9 Å². The van der Waals surface area contributed by atoms with E-state index in [2.05, 4.69) is 474 Å². The Morgan fingerprint density at radius 2 is 0.452 bits per heavy atom. The summed E-state index contributed by atoms with van der Waals surface area (Å²) in [5, 5.41) is 10.4. The summed E-state index contributed by atoms with van der Waals surface area (Å²) in [5.74, 6) is 5.78. The number of anilines is 1. The first-order valence-electron chi connectivity index (χ1n) is 49.5. The lowest BCUT2D eigenvalue weighted by Crippen LogP contribution is -2.14. The molecule has 690 valence electrons. The average molecular weight is 1870 g/mol. The summed E-state index contributed by atoms with van der Waals surface area (Å²) < 4.78 is 0. The Morgan fingerprint density at radius 1 is 0.185 bits per heavy atom. The van der Waals surface area contributed by atoms with Crippen molar-refractivity contribution in [1.29, 1.82) is 0 Å². The molecule has 24 aromatic rings. The predicted octanol–water partition coefficient (Wildman–Crippen LogP) is 33.1. The number of nitrogens with zero attached hydrogens (tertiary/aromatic N) is 11. The molecule has 0 fully saturated rings. The summed E-state index contributed by atoms with van der Waals surface area (Å²) in [5.41, 5.74) is 37.4. The Labute approximate surface area is 847 Å². The molecule has 1 aliphatic heterocycles. The SMILES string of the molecule is C1=Cc2cccc(-c3ccc(-c4nc(-c5ccc(-c6ccccc6)cc5)nc(-c5ccc(-c6cccc7cccnc67)cc5)n4)cc3)c2NC1.CC1(C)c2ccccc2-c2ccc(-c3ccc(-c4nc(-c5ccccc5)nc(-c5ccc(-c6ccc7c(c6)C(C)(C)c6ccccc6-7)cc5)n4)cc3)cc21.c1ccc2cc(-c3nc(-c4ccc(-c5cccc6cccnc56)cc4)nc(-c4ccc5ccccc5c4)n3)ccc2c1. The number of hydrogen-bond acceptors (Lipinski definition) is 12. The van der Waals surface area contributed by atoms with E-state index in [9.17, 15) is 0 Å². The molecular formula is C134H94N12. The van der Waals surface area contributed by atoms with Crippen molar-refractivity contribution >= 4 is 55.1 Å². The Morgan fingerprint density at radius 3 is 0.856 bits per heavy atom. The van der Waals surface area contributed by atoms with Crippen molar-refractivity contribution in [3.63, 3.8) is 0 Å². The van der Waals surface area contributed by atoms with Crippen LogP contribution in [0, 0.1) is 0 Å². The van der Waals surface area contributed by atoms with Gasteiger partial charge in [-0.2, -0.15) is 0 Å². The highest BCUT2D eigenvalue weighted by atomic mass is 15.1. The van der Waals surface area contributed by atoms with E-state index in [1.54, 1.807) is 0 Å². The van der Waals surface area contributed by atoms with Gasteiger partial charge in [0.1, 0.15) is 0 Å². The third kappa shape index (κ3) is 17.1. The predicted molar refractivity (Wildman–Crippen MR) is 599 cm³/mol. The second kappa shape index (κ2) is 37.6. The van der Waals surface area contributed by atoms with Gasteiger partial charge in [-0.15, -0.1) is 0 Å². The molecule has 0 radical (unpaired) electrons. The molecule has 2 aliphatic carbocycles. The van der Waals surface area contributed by atoms with E-state index in [1.807, 2.05) is 48.8 Å². The fourth-order valence-electron chi connectivity index (χ4n) is 20.9. The largest absolute Gasteiger partial charge is 0.381 e. The van der Waals surface area contributed by atoms with Crippen molar-refractivity contribution in [2.24, 2.45) is 0 Å². The lowest BCUT2D eigenvalue weighted by Gasteiger charge is -2.22. The van der Waals surface area contributed by atoms with Crippen molar-refractivity contribution < 1.29 is 0 Å². The molecule has 146 heavy (non-hydrogen) atoms. The number of aromatic nitrogens is 11. The van der Waals surface area contributed by atoms with E-state index >= 15 is 0 Å². The van der Waals surface area contributed by atoms with Gasteiger partial charge in [-0.1, -0.05) is 458 Å². The van der Waals surface area contributed by atoms with Gasteiger partial charge in [0.2, 0.25) is 0 Å². The van der Waals surface area contributed by atoms with Gasteiger partial charge in [-0.25, -0.2) is 44.9 Å². The van der Waals surface area contributed by atoms with Gasteiger partial charge >= 0.3 is 0 Å². The van der Waals surface area contributed by atoms with Crippen molar-refractivity contribution in [2.45, 2.75) is 38.5 Å². The van der Waals surface area contributed by atoms with Crippen LogP contribution in [0.5, 0.6) is 0 Å². The van der Waals surface area contributed by atoms with Gasteiger partial charge in [0, 0.05) is 113 Å². The Hall–Kier alpha value is -18.9. The Bertz CT molecular complexity index is 8910. The van der Waals surface area contributed by atoms with Crippen LogP contribution in [-0.2, 0) is 10.8 Å². The standard InChI is InChI=1S/C51H39N3.C45H31N5.C38H24N4/c1-50(2)43-16-10-8-14-39(43)41-28-26-37(30-45(41)50)32-18-22-35(23-19-32)48-52-47(34-12-6-5-7-13-34)53-49(54-48)36-24-20-33(21-25-36)38-27-29-42-40-15-9-11-17-44(40)51(3,4)46(42)31-38;1-2-8-30(9-3-1)31-16-22-36(23-17-31)43-48-44(37-24-18-32(19-25-37)39-14-4-10-34-12-6-28-46-41(34)39)50-45(49-43)38-26-20-33(21-27-38)40-15-5-11-35-13-7-29-47-42(35)40;1-3-9-30-23-32(20-14-25(30)7-1)37-40-36(41-38(42-37)33-21-15-26-8-2-4-10-31(26)24-33)29-18-16-27(17-19-29)34-13-5-11-28-12-6-22-39-35(28)34/h5-31H,1-4H3;1-28,47H,29H2;1-24H. The molecular weight excluding hydrogens is 1780 g/mol. The van der Waals surface area contributed by atoms with E-state index in [0.29, 0.717) is 52.4 Å². The number of nitrogens with one attached hydrogen (secondary N) is 1. The number of hydrogen-bond donors (Lipinski definition) is 1. The smallest absolute Gasteiger partial charge is 0.164 e. The molecule has 27 rings (SSSR count). The molecule has 12 heteroatoms. The van der Waals surface area contributed by atoms with Crippen LogP contribution in [-0.4, -0.2) is 61.4 Å². The summed E-state index contributed by atoms with van der Waals surface area (Å²) >= 11 is 0. The van der Waals surface area contributed by atoms with Crippen LogP contribution in [0.15, 0.2) is 473 Å². The minimum atomic E-state index is -0.0418. The summed E-state index contributed by atoms with van der Waals surface area (Å²) in [6.07, 6.45) is 8.01. The third-order valence-electron chi connectivity index (χ3n) is 28.7. The molecule has 19 aromatic carbocycles. The van der Waals surface area contributed by atoms with Crippen molar-refractivity contribution in [2.75, 3.05) is 11.9 Å². The first-order chi connectivity index (χ1) is 71.8. The van der Waals surface area contributed by atoms with E-state index in [0.717, 1.165) is 128 Å². The molecule has 0 amide bonds. The Kier molecular flexibility index (Phi) is 22.8. The monoisotopic (exact) mass is 1870 g/mol. The molecule has 3 aliphatic rings. The van der Waals surface area contributed by atoms with Crippen LogP contribution < -0.4 is 5.32 Å². The lowest BCUT2D eigenvalue weighted by atomic mass is 9.81. The second-order valence-corrected chi connectivity index (χ2v) is 38.4. The quantitative estimate of drug-likeness (QED) is 0.104. The van der Waals surface area contributed by atoms with Gasteiger partial charge in [0.25, 0.3) is 0 Å². The van der Waals surface area contributed by atoms with Gasteiger partial charge in [-0.3, -0.25) is 9.97 Å². The second-order valence-electron chi connectivity index (χ2n) is 38.4. The van der Waals surface area contributed by atoms with E-state index in [1.165, 1.54) is 94.2 Å². The first kappa shape index (κ1) is 88.5. The topological polar surface area (TPSA) is 154 Å². The van der Waals surface area contributed by atoms with E-state index < -0.39 is 0 Å². The molecule has 6 heterocycles. The van der Waals surface area contributed by atoms with Gasteiger partial charge in [-0.05, 0) is 158 Å². The van der Waals surface area contributed by atoms with Crippen molar-refractivity contribution in [1.82, 2.24) is 54.8 Å². The van der Waals surface area contributed by atoms with Crippen LogP contribution in [0.3, 0.4) is 0 Å². The maximum Gasteiger partial charge on any atom is 0.164 e. The highest BCUT2D eigenvalue weighted by molar-refractivity contribution is 5.97. The van der Waals surface area contributed by atoms with Gasteiger partial charge in [0.15, 0.2) is 52.4 Å². The van der Waals surface area contributed by atoms with E-state index in [-0.39, 0.29) is 10.8 Å². The molecule has 0 saturated heterocycles.